The van der Waals surface area contributed by atoms with E-state index in [0.29, 0.717) is 5.91 Å². The summed E-state index contributed by atoms with van der Waals surface area (Å²) in [7, 11) is 0. The molecule has 4 nitrogen and oxygen atoms in total. The van der Waals surface area contributed by atoms with E-state index in [1.54, 1.807) is 0 Å². The van der Waals surface area contributed by atoms with Crippen LogP contribution in [-0.2, 0) is 9.53 Å². The maximum atomic E-state index is 12.8. The molecular formula is C16H22N2O2. The summed E-state index contributed by atoms with van der Waals surface area (Å²) >= 11 is 0. The topological polar surface area (TPSA) is 41.6 Å². The fraction of sp³-hybridized carbons (Fsp3) is 0.562. The lowest BCUT2D eigenvalue weighted by molar-refractivity contribution is -0.142. The summed E-state index contributed by atoms with van der Waals surface area (Å²) < 4.78 is 5.37. The molecule has 1 N–H and O–H groups in total. The zero-order valence-corrected chi connectivity index (χ0v) is 11.8. The van der Waals surface area contributed by atoms with Crippen LogP contribution in [0.3, 0.4) is 0 Å². The highest BCUT2D eigenvalue weighted by molar-refractivity contribution is 5.79. The molecule has 1 atom stereocenters. The van der Waals surface area contributed by atoms with E-state index in [1.807, 2.05) is 18.2 Å². The normalized spacial score (nSPS) is 24.6. The fourth-order valence-electron chi connectivity index (χ4n) is 3.12. The van der Waals surface area contributed by atoms with Crippen molar-refractivity contribution in [1.29, 1.82) is 0 Å². The molecule has 0 saturated carbocycles. The summed E-state index contributed by atoms with van der Waals surface area (Å²) in [4.78, 5) is 14.9. The molecule has 20 heavy (non-hydrogen) atoms. The highest BCUT2D eigenvalue weighted by atomic mass is 16.5. The van der Waals surface area contributed by atoms with E-state index in [9.17, 15) is 4.79 Å². The third-order valence-corrected chi connectivity index (χ3v) is 4.28. The molecule has 2 heterocycles. The van der Waals surface area contributed by atoms with E-state index in [0.717, 1.165) is 45.7 Å². The highest BCUT2D eigenvalue weighted by Gasteiger charge is 2.32. The molecule has 0 radical (unpaired) electrons. The van der Waals surface area contributed by atoms with Crippen LogP contribution >= 0.6 is 0 Å². The first-order valence-corrected chi connectivity index (χ1v) is 7.50. The number of amides is 1. The lowest BCUT2D eigenvalue weighted by Gasteiger charge is -2.39. The van der Waals surface area contributed by atoms with E-state index in [4.69, 9.17) is 4.74 Å². The SMILES string of the molecule is O=C(C1CCOCC1)N1CCNC[C@@H]1c1ccccc1. The molecule has 2 fully saturated rings. The smallest absolute Gasteiger partial charge is 0.226 e. The Labute approximate surface area is 120 Å². The predicted molar refractivity (Wildman–Crippen MR) is 77.3 cm³/mol. The highest BCUT2D eigenvalue weighted by Crippen LogP contribution is 2.26. The molecule has 2 aliphatic rings. The van der Waals surface area contributed by atoms with Crippen LogP contribution in [0, 0.1) is 5.92 Å². The van der Waals surface area contributed by atoms with Gasteiger partial charge in [-0.2, -0.15) is 0 Å². The number of carbonyl (C=O) groups excluding carboxylic acids is 1. The lowest BCUT2D eigenvalue weighted by atomic mass is 9.95. The van der Waals surface area contributed by atoms with Crippen LogP contribution in [-0.4, -0.2) is 43.7 Å². The van der Waals surface area contributed by atoms with Crippen LogP contribution in [0.4, 0.5) is 0 Å². The Kier molecular flexibility index (Phi) is 4.33. The number of benzene rings is 1. The fourth-order valence-corrected chi connectivity index (χ4v) is 3.12. The minimum atomic E-state index is 0.146. The van der Waals surface area contributed by atoms with Crippen LogP contribution in [0.15, 0.2) is 30.3 Å². The Morgan fingerprint density at radius 1 is 1.20 bits per heavy atom. The van der Waals surface area contributed by atoms with Gasteiger partial charge in [-0.05, 0) is 18.4 Å². The third kappa shape index (κ3) is 2.86. The maximum Gasteiger partial charge on any atom is 0.226 e. The van der Waals surface area contributed by atoms with Gasteiger partial charge in [-0.3, -0.25) is 4.79 Å². The van der Waals surface area contributed by atoms with Crippen molar-refractivity contribution >= 4 is 5.91 Å². The molecule has 1 amide bonds. The van der Waals surface area contributed by atoms with Gasteiger partial charge in [0.05, 0.1) is 6.04 Å². The quantitative estimate of drug-likeness (QED) is 0.890. The number of piperazine rings is 1. The summed E-state index contributed by atoms with van der Waals surface area (Å²) in [5, 5.41) is 3.40. The Hall–Kier alpha value is -1.39. The van der Waals surface area contributed by atoms with Gasteiger partial charge in [-0.1, -0.05) is 30.3 Å². The summed E-state index contributed by atoms with van der Waals surface area (Å²) in [6, 6.07) is 10.5. The third-order valence-electron chi connectivity index (χ3n) is 4.28. The van der Waals surface area contributed by atoms with Gasteiger partial charge in [-0.15, -0.1) is 0 Å². The van der Waals surface area contributed by atoms with E-state index in [-0.39, 0.29) is 12.0 Å². The molecule has 0 spiro atoms. The van der Waals surface area contributed by atoms with Crippen molar-refractivity contribution in [1.82, 2.24) is 10.2 Å². The number of nitrogens with one attached hydrogen (secondary N) is 1. The van der Waals surface area contributed by atoms with Gasteiger partial charge < -0.3 is 15.0 Å². The van der Waals surface area contributed by atoms with Crippen molar-refractivity contribution in [3.63, 3.8) is 0 Å². The number of ether oxygens (including phenoxy) is 1. The number of hydrogen-bond acceptors (Lipinski definition) is 3. The van der Waals surface area contributed by atoms with Crippen molar-refractivity contribution in [3.8, 4) is 0 Å². The Morgan fingerprint density at radius 3 is 2.70 bits per heavy atom. The van der Waals surface area contributed by atoms with E-state index in [2.05, 4.69) is 22.3 Å². The summed E-state index contributed by atoms with van der Waals surface area (Å²) in [5.41, 5.74) is 1.22. The molecule has 4 heteroatoms. The molecule has 3 rings (SSSR count). The molecule has 1 aromatic carbocycles. The average Bonchev–Trinajstić information content (AvgIpc) is 2.56. The number of carbonyl (C=O) groups is 1. The van der Waals surface area contributed by atoms with Crippen LogP contribution in [0.5, 0.6) is 0 Å². The molecule has 0 bridgehead atoms. The summed E-state index contributed by atoms with van der Waals surface area (Å²) in [6.07, 6.45) is 1.73. The summed E-state index contributed by atoms with van der Waals surface area (Å²) in [6.45, 7) is 3.98. The second kappa shape index (κ2) is 6.37. The first-order chi connectivity index (χ1) is 9.86. The van der Waals surface area contributed by atoms with Crippen LogP contribution in [0.2, 0.25) is 0 Å². The van der Waals surface area contributed by atoms with Crippen LogP contribution < -0.4 is 5.32 Å². The Bertz CT molecular complexity index is 443. The van der Waals surface area contributed by atoms with Crippen molar-refractivity contribution in [3.05, 3.63) is 35.9 Å². The molecule has 1 aromatic rings. The zero-order valence-electron chi connectivity index (χ0n) is 11.8. The standard InChI is InChI=1S/C16H22N2O2/c19-16(14-6-10-20-11-7-14)18-9-8-17-12-15(18)13-4-2-1-3-5-13/h1-5,14-15,17H,6-12H2/t15-/m1/s1. The monoisotopic (exact) mass is 274 g/mol. The largest absolute Gasteiger partial charge is 0.381 e. The van der Waals surface area contributed by atoms with Gasteiger partial charge in [0.25, 0.3) is 0 Å². The number of rotatable bonds is 2. The maximum absolute atomic E-state index is 12.8. The van der Waals surface area contributed by atoms with E-state index in [1.165, 1.54) is 5.56 Å². The first kappa shape index (κ1) is 13.6. The van der Waals surface area contributed by atoms with Crippen molar-refractivity contribution < 1.29 is 9.53 Å². The molecule has 0 aromatic heterocycles. The minimum absolute atomic E-state index is 0.146. The first-order valence-electron chi connectivity index (χ1n) is 7.50. The Balaban J connectivity index is 1.76. The van der Waals surface area contributed by atoms with Crippen molar-refractivity contribution in [2.45, 2.75) is 18.9 Å². The molecule has 108 valence electrons. The molecule has 2 aliphatic heterocycles. The molecule has 2 saturated heterocycles. The van der Waals surface area contributed by atoms with Gasteiger partial charge in [0.1, 0.15) is 0 Å². The zero-order chi connectivity index (χ0) is 13.8. The van der Waals surface area contributed by atoms with Crippen LogP contribution in [0.1, 0.15) is 24.4 Å². The van der Waals surface area contributed by atoms with Crippen LogP contribution in [0.25, 0.3) is 0 Å². The number of nitrogens with zero attached hydrogens (tertiary/aromatic N) is 1. The van der Waals surface area contributed by atoms with E-state index >= 15 is 0 Å². The minimum Gasteiger partial charge on any atom is -0.381 e. The lowest BCUT2D eigenvalue weighted by Crippen LogP contribution is -2.51. The molecule has 0 aliphatic carbocycles. The Morgan fingerprint density at radius 2 is 1.95 bits per heavy atom. The van der Waals surface area contributed by atoms with Gasteiger partial charge in [0.15, 0.2) is 0 Å². The van der Waals surface area contributed by atoms with E-state index < -0.39 is 0 Å². The van der Waals surface area contributed by atoms with Gasteiger partial charge in [-0.25, -0.2) is 0 Å². The predicted octanol–water partition coefficient (Wildman–Crippen LogP) is 1.59. The molecule has 0 unspecified atom stereocenters. The summed E-state index contributed by atoms with van der Waals surface area (Å²) in [5.74, 6) is 0.455. The van der Waals surface area contributed by atoms with Gasteiger partial charge >= 0.3 is 0 Å². The molecular weight excluding hydrogens is 252 g/mol. The number of hydrogen-bond donors (Lipinski definition) is 1. The second-order valence-corrected chi connectivity index (χ2v) is 5.55. The second-order valence-electron chi connectivity index (χ2n) is 5.55. The average molecular weight is 274 g/mol. The van der Waals surface area contributed by atoms with Gasteiger partial charge in [0.2, 0.25) is 5.91 Å². The van der Waals surface area contributed by atoms with Crippen molar-refractivity contribution in [2.75, 3.05) is 32.8 Å². The van der Waals surface area contributed by atoms with Gasteiger partial charge in [0, 0.05) is 38.8 Å². The van der Waals surface area contributed by atoms with Crippen molar-refractivity contribution in [2.24, 2.45) is 5.92 Å².